The zero-order chi connectivity index (χ0) is 24.8. The Morgan fingerprint density at radius 3 is 2.66 bits per heavy atom. The van der Waals surface area contributed by atoms with Gasteiger partial charge in [-0.1, -0.05) is 24.3 Å². The van der Waals surface area contributed by atoms with E-state index >= 15 is 0 Å². The van der Waals surface area contributed by atoms with Gasteiger partial charge in [0.2, 0.25) is 12.7 Å². The van der Waals surface area contributed by atoms with E-state index in [1.165, 1.54) is 0 Å². The van der Waals surface area contributed by atoms with Crippen LogP contribution in [0.1, 0.15) is 36.5 Å². The van der Waals surface area contributed by atoms with Gasteiger partial charge in [0.05, 0.1) is 24.8 Å². The van der Waals surface area contributed by atoms with E-state index in [9.17, 15) is 9.59 Å². The maximum atomic E-state index is 12.8. The number of benzene rings is 2. The smallest absolute Gasteiger partial charge is 0.309 e. The van der Waals surface area contributed by atoms with Gasteiger partial charge in [-0.15, -0.1) is 0 Å². The van der Waals surface area contributed by atoms with E-state index in [1.807, 2.05) is 50.2 Å². The molecule has 186 valence electrons. The third-order valence-electron chi connectivity index (χ3n) is 6.29. The molecule has 8 heteroatoms. The molecule has 1 fully saturated rings. The minimum atomic E-state index is -0.132. The van der Waals surface area contributed by atoms with Crippen LogP contribution in [-0.4, -0.2) is 49.8 Å². The van der Waals surface area contributed by atoms with Crippen LogP contribution in [0.5, 0.6) is 11.5 Å². The summed E-state index contributed by atoms with van der Waals surface area (Å²) in [6, 6.07) is 11.7. The van der Waals surface area contributed by atoms with Gasteiger partial charge >= 0.3 is 5.97 Å². The first-order chi connectivity index (χ1) is 16.9. The summed E-state index contributed by atoms with van der Waals surface area (Å²) in [6.07, 6.45) is 1.42. The maximum Gasteiger partial charge on any atom is 0.309 e. The molecule has 0 spiro atoms. The monoisotopic (exact) mass is 479 g/mol. The van der Waals surface area contributed by atoms with Crippen molar-refractivity contribution in [3.05, 3.63) is 59.7 Å². The van der Waals surface area contributed by atoms with E-state index in [4.69, 9.17) is 14.2 Å². The fourth-order valence-corrected chi connectivity index (χ4v) is 4.35. The predicted molar refractivity (Wildman–Crippen MR) is 134 cm³/mol. The summed E-state index contributed by atoms with van der Waals surface area (Å²) in [6.45, 7) is 10.9. The van der Waals surface area contributed by atoms with Crippen molar-refractivity contribution in [2.24, 2.45) is 5.92 Å². The molecule has 2 aromatic carbocycles. The van der Waals surface area contributed by atoms with Gasteiger partial charge in [-0.05, 0) is 69.6 Å². The molecule has 1 amide bonds. The van der Waals surface area contributed by atoms with E-state index in [1.54, 1.807) is 0 Å². The first-order valence-electron chi connectivity index (χ1n) is 12.0. The Morgan fingerprint density at radius 2 is 1.89 bits per heavy atom. The van der Waals surface area contributed by atoms with E-state index in [0.29, 0.717) is 44.8 Å². The summed E-state index contributed by atoms with van der Waals surface area (Å²) in [4.78, 5) is 26.8. The third kappa shape index (κ3) is 6.33. The molecule has 2 aliphatic rings. The number of carbonyl (C=O) groups excluding carboxylic acids is 2. The van der Waals surface area contributed by atoms with Crippen LogP contribution in [0.25, 0.3) is 5.70 Å². The SMILES string of the molecule is C=C(NCc1ccc2c(c1)OCO2)c1cc(C)ccc1NC(=O)CN1CCC(C(=O)OCC)CC1. The summed E-state index contributed by atoms with van der Waals surface area (Å²) < 4.78 is 15.9. The number of nitrogens with zero attached hydrogens (tertiary/aromatic N) is 1. The van der Waals surface area contributed by atoms with Gasteiger partial charge in [0, 0.05) is 17.8 Å². The Kier molecular flexibility index (Phi) is 7.92. The zero-order valence-corrected chi connectivity index (χ0v) is 20.4. The number of hydrogen-bond acceptors (Lipinski definition) is 7. The fraction of sp³-hybridized carbons (Fsp3) is 0.407. The molecule has 35 heavy (non-hydrogen) atoms. The summed E-state index contributed by atoms with van der Waals surface area (Å²) in [5.41, 5.74) is 4.40. The molecule has 0 atom stereocenters. The van der Waals surface area contributed by atoms with Crippen molar-refractivity contribution in [3.63, 3.8) is 0 Å². The van der Waals surface area contributed by atoms with Crippen LogP contribution in [0, 0.1) is 12.8 Å². The third-order valence-corrected chi connectivity index (χ3v) is 6.29. The maximum absolute atomic E-state index is 12.8. The van der Waals surface area contributed by atoms with Crippen LogP contribution in [0.3, 0.4) is 0 Å². The van der Waals surface area contributed by atoms with Crippen LogP contribution in [0.2, 0.25) is 0 Å². The number of esters is 1. The molecule has 0 saturated carbocycles. The number of amides is 1. The Bertz CT molecular complexity index is 1090. The molecule has 0 bridgehead atoms. The molecule has 4 rings (SSSR count). The first kappa shape index (κ1) is 24.6. The van der Waals surface area contributed by atoms with Crippen LogP contribution >= 0.6 is 0 Å². The van der Waals surface area contributed by atoms with Gasteiger partial charge in [0.15, 0.2) is 11.5 Å². The zero-order valence-electron chi connectivity index (χ0n) is 20.4. The van der Waals surface area contributed by atoms with E-state index < -0.39 is 0 Å². The van der Waals surface area contributed by atoms with Gasteiger partial charge in [-0.2, -0.15) is 0 Å². The lowest BCUT2D eigenvalue weighted by Gasteiger charge is -2.30. The summed E-state index contributed by atoms with van der Waals surface area (Å²) in [5.74, 6) is 1.20. The fourth-order valence-electron chi connectivity index (χ4n) is 4.35. The normalized spacial score (nSPS) is 15.5. The van der Waals surface area contributed by atoms with Crippen molar-refractivity contribution in [2.75, 3.05) is 38.4 Å². The Balaban J connectivity index is 1.32. The summed E-state index contributed by atoms with van der Waals surface area (Å²) >= 11 is 0. The molecule has 1 saturated heterocycles. The number of piperidine rings is 1. The van der Waals surface area contributed by atoms with Gasteiger partial charge in [-0.3, -0.25) is 14.5 Å². The van der Waals surface area contributed by atoms with Crippen LogP contribution in [0.4, 0.5) is 5.69 Å². The molecule has 2 heterocycles. The van der Waals surface area contributed by atoms with Gasteiger partial charge in [0.25, 0.3) is 0 Å². The molecule has 8 nitrogen and oxygen atoms in total. The minimum Gasteiger partial charge on any atom is -0.466 e. The van der Waals surface area contributed by atoms with Crippen LogP contribution in [-0.2, 0) is 20.9 Å². The molecule has 0 radical (unpaired) electrons. The number of fused-ring (bicyclic) bond motifs is 1. The lowest BCUT2D eigenvalue weighted by atomic mass is 9.97. The number of carbonyl (C=O) groups is 2. The number of nitrogens with one attached hydrogen (secondary N) is 2. The average Bonchev–Trinajstić information content (AvgIpc) is 3.32. The van der Waals surface area contributed by atoms with Crippen LogP contribution < -0.4 is 20.1 Å². The van der Waals surface area contributed by atoms with Crippen LogP contribution in [0.15, 0.2) is 43.0 Å². The van der Waals surface area contributed by atoms with Gasteiger partial charge < -0.3 is 24.8 Å². The Hall–Kier alpha value is -3.52. The molecule has 2 aliphatic heterocycles. The van der Waals surface area contributed by atoms with E-state index in [0.717, 1.165) is 33.9 Å². The molecule has 0 unspecified atom stereocenters. The predicted octanol–water partition coefficient (Wildman–Crippen LogP) is 3.70. The molecular formula is C27H33N3O5. The molecular weight excluding hydrogens is 446 g/mol. The highest BCUT2D eigenvalue weighted by atomic mass is 16.7. The van der Waals surface area contributed by atoms with Crippen molar-refractivity contribution in [3.8, 4) is 11.5 Å². The molecule has 0 aliphatic carbocycles. The highest BCUT2D eigenvalue weighted by Gasteiger charge is 2.27. The second kappa shape index (κ2) is 11.3. The molecule has 0 aromatic heterocycles. The quantitative estimate of drug-likeness (QED) is 0.530. The highest BCUT2D eigenvalue weighted by molar-refractivity contribution is 5.95. The number of hydrogen-bond donors (Lipinski definition) is 2. The van der Waals surface area contributed by atoms with Crippen molar-refractivity contribution >= 4 is 23.3 Å². The molecule has 2 aromatic rings. The number of likely N-dealkylation sites (tertiary alicyclic amines) is 1. The lowest BCUT2D eigenvalue weighted by Crippen LogP contribution is -2.41. The molecule has 2 N–H and O–H groups in total. The van der Waals surface area contributed by atoms with Crippen molar-refractivity contribution < 1.29 is 23.8 Å². The topological polar surface area (TPSA) is 89.1 Å². The summed E-state index contributed by atoms with van der Waals surface area (Å²) in [7, 11) is 0. The summed E-state index contributed by atoms with van der Waals surface area (Å²) in [5, 5.41) is 6.40. The average molecular weight is 480 g/mol. The van der Waals surface area contributed by atoms with Crippen molar-refractivity contribution in [2.45, 2.75) is 33.2 Å². The Labute approximate surface area is 206 Å². The second-order valence-corrected chi connectivity index (χ2v) is 8.92. The van der Waals surface area contributed by atoms with Crippen molar-refractivity contribution in [1.29, 1.82) is 0 Å². The lowest BCUT2D eigenvalue weighted by molar-refractivity contribution is -0.149. The number of rotatable bonds is 9. The minimum absolute atomic E-state index is 0.0721. The standard InChI is InChI=1S/C27H33N3O5/c1-4-33-27(32)21-9-11-30(12-10-21)16-26(31)29-23-7-5-18(2)13-22(23)19(3)28-15-20-6-8-24-25(14-20)35-17-34-24/h5-8,13-14,21,28H,3-4,9-12,15-17H2,1-2H3,(H,29,31). The number of aryl methyl sites for hydroxylation is 1. The van der Waals surface area contributed by atoms with Gasteiger partial charge in [0.1, 0.15) is 0 Å². The van der Waals surface area contributed by atoms with Crippen molar-refractivity contribution in [1.82, 2.24) is 10.2 Å². The van der Waals surface area contributed by atoms with E-state index in [2.05, 4.69) is 22.1 Å². The second-order valence-electron chi connectivity index (χ2n) is 8.92. The highest BCUT2D eigenvalue weighted by Crippen LogP contribution is 2.32. The number of ether oxygens (including phenoxy) is 3. The largest absolute Gasteiger partial charge is 0.466 e. The first-order valence-corrected chi connectivity index (χ1v) is 12.0. The Morgan fingerprint density at radius 1 is 1.11 bits per heavy atom. The number of anilines is 1. The van der Waals surface area contributed by atoms with Gasteiger partial charge in [-0.25, -0.2) is 0 Å². The van der Waals surface area contributed by atoms with E-state index in [-0.39, 0.29) is 31.1 Å².